The van der Waals surface area contributed by atoms with Crippen molar-refractivity contribution in [3.05, 3.63) is 11.6 Å². The van der Waals surface area contributed by atoms with Gasteiger partial charge in [0.2, 0.25) is 0 Å². The molecule has 2 saturated heterocycles. The maximum absolute atomic E-state index is 6.04. The fourth-order valence-corrected chi connectivity index (χ4v) is 2.92. The summed E-state index contributed by atoms with van der Waals surface area (Å²) in [6.45, 7) is 11.9. The molecule has 2 nitrogen and oxygen atoms in total. The lowest BCUT2D eigenvalue weighted by atomic mass is 9.93. The van der Waals surface area contributed by atoms with Gasteiger partial charge in [-0.1, -0.05) is 11.6 Å². The second-order valence-electron chi connectivity index (χ2n) is 6.27. The zero-order chi connectivity index (χ0) is 11.8. The Bertz CT molecular complexity index is 290. The number of hydrogen-bond acceptors (Lipinski definition) is 2. The van der Waals surface area contributed by atoms with Gasteiger partial charge in [-0.25, -0.2) is 0 Å². The number of hydrogen-bond donors (Lipinski definition) is 0. The normalized spacial score (nSPS) is 33.6. The molecule has 0 N–H and O–H groups in total. The predicted molar refractivity (Wildman–Crippen MR) is 67.6 cm³/mol. The molecule has 1 atom stereocenters. The van der Waals surface area contributed by atoms with Crippen molar-refractivity contribution in [1.29, 1.82) is 0 Å². The molecular formula is C14H25NO. The van der Waals surface area contributed by atoms with Gasteiger partial charge in [0, 0.05) is 12.1 Å². The smallest absolute Gasteiger partial charge is 0.0660 e. The molecule has 0 bridgehead atoms. The Morgan fingerprint density at radius 1 is 1.44 bits per heavy atom. The molecule has 0 amide bonds. The van der Waals surface area contributed by atoms with Crippen LogP contribution in [0.25, 0.3) is 0 Å². The van der Waals surface area contributed by atoms with Crippen LogP contribution in [-0.2, 0) is 4.74 Å². The van der Waals surface area contributed by atoms with Crippen LogP contribution in [0.1, 0.15) is 47.0 Å². The van der Waals surface area contributed by atoms with E-state index in [-0.39, 0.29) is 5.60 Å². The molecule has 1 unspecified atom stereocenters. The van der Waals surface area contributed by atoms with Gasteiger partial charge in [0.25, 0.3) is 0 Å². The molecule has 92 valence electrons. The third-order valence-corrected chi connectivity index (χ3v) is 3.87. The van der Waals surface area contributed by atoms with E-state index >= 15 is 0 Å². The van der Waals surface area contributed by atoms with Crippen LogP contribution in [0.3, 0.4) is 0 Å². The number of nitrogens with zero attached hydrogens (tertiary/aromatic N) is 1. The van der Waals surface area contributed by atoms with E-state index in [9.17, 15) is 0 Å². The quantitative estimate of drug-likeness (QED) is 0.667. The van der Waals surface area contributed by atoms with Crippen LogP contribution in [0.2, 0.25) is 0 Å². The molecule has 0 saturated carbocycles. The third kappa shape index (κ3) is 2.33. The van der Waals surface area contributed by atoms with E-state index in [4.69, 9.17) is 4.74 Å². The summed E-state index contributed by atoms with van der Waals surface area (Å²) in [5, 5.41) is 0. The van der Waals surface area contributed by atoms with Crippen molar-refractivity contribution in [3.8, 4) is 0 Å². The van der Waals surface area contributed by atoms with E-state index < -0.39 is 0 Å². The lowest BCUT2D eigenvalue weighted by molar-refractivity contribution is -0.0520. The van der Waals surface area contributed by atoms with Gasteiger partial charge in [0.05, 0.1) is 12.2 Å². The van der Waals surface area contributed by atoms with Crippen LogP contribution in [-0.4, -0.2) is 35.7 Å². The zero-order valence-corrected chi connectivity index (χ0v) is 11.2. The van der Waals surface area contributed by atoms with Crippen LogP contribution in [0.5, 0.6) is 0 Å². The van der Waals surface area contributed by atoms with Crippen molar-refractivity contribution >= 4 is 0 Å². The van der Waals surface area contributed by atoms with Gasteiger partial charge in [0.1, 0.15) is 0 Å². The van der Waals surface area contributed by atoms with Gasteiger partial charge in [-0.15, -0.1) is 0 Å². The summed E-state index contributed by atoms with van der Waals surface area (Å²) in [7, 11) is 0. The van der Waals surface area contributed by atoms with Gasteiger partial charge in [0.15, 0.2) is 0 Å². The molecule has 16 heavy (non-hydrogen) atoms. The molecule has 0 aliphatic carbocycles. The Kier molecular flexibility index (Phi) is 3.15. The Labute approximate surface area is 99.7 Å². The Morgan fingerprint density at radius 2 is 2.19 bits per heavy atom. The second kappa shape index (κ2) is 4.15. The molecule has 2 heterocycles. The first kappa shape index (κ1) is 12.1. The molecule has 2 fully saturated rings. The molecule has 2 rings (SSSR count). The van der Waals surface area contributed by atoms with Crippen LogP contribution >= 0.6 is 0 Å². The molecule has 0 aromatic carbocycles. The fourth-order valence-electron chi connectivity index (χ4n) is 2.92. The standard InChI is InChI=1S/C14H25NO/c1-5-12-9-14(11-16-13(2,3)4)7-6-8-15(14)10-12/h5H,6-11H2,1-4H3/b12-5-. The van der Waals surface area contributed by atoms with Crippen molar-refractivity contribution in [2.24, 2.45) is 0 Å². The van der Waals surface area contributed by atoms with Crippen molar-refractivity contribution in [1.82, 2.24) is 4.90 Å². The van der Waals surface area contributed by atoms with Crippen molar-refractivity contribution in [3.63, 3.8) is 0 Å². The van der Waals surface area contributed by atoms with E-state index in [1.807, 2.05) is 0 Å². The summed E-state index contributed by atoms with van der Waals surface area (Å²) in [6, 6.07) is 0. The predicted octanol–water partition coefficient (Wildman–Crippen LogP) is 2.99. The molecule has 0 radical (unpaired) electrons. The minimum Gasteiger partial charge on any atom is -0.374 e. The topological polar surface area (TPSA) is 12.5 Å². The number of rotatable bonds is 2. The molecule has 0 aromatic rings. The first-order chi connectivity index (χ1) is 7.45. The summed E-state index contributed by atoms with van der Waals surface area (Å²) >= 11 is 0. The minimum atomic E-state index is -0.0122. The largest absolute Gasteiger partial charge is 0.374 e. The third-order valence-electron chi connectivity index (χ3n) is 3.87. The lowest BCUT2D eigenvalue weighted by Gasteiger charge is -2.34. The molecule has 2 heteroatoms. The average molecular weight is 223 g/mol. The number of allylic oxidation sites excluding steroid dienone is 1. The summed E-state index contributed by atoms with van der Waals surface area (Å²) in [4.78, 5) is 2.63. The van der Waals surface area contributed by atoms with Gasteiger partial charge in [-0.05, 0) is 53.5 Å². The van der Waals surface area contributed by atoms with E-state index in [2.05, 4.69) is 38.7 Å². The van der Waals surface area contributed by atoms with E-state index in [0.717, 1.165) is 6.61 Å². The maximum atomic E-state index is 6.04. The molecule has 0 aromatic heterocycles. The van der Waals surface area contributed by atoms with Gasteiger partial charge in [-0.3, -0.25) is 4.90 Å². The summed E-state index contributed by atoms with van der Waals surface area (Å²) < 4.78 is 6.04. The zero-order valence-electron chi connectivity index (χ0n) is 11.2. The minimum absolute atomic E-state index is 0.0122. The van der Waals surface area contributed by atoms with E-state index in [1.54, 1.807) is 5.57 Å². The SMILES string of the molecule is C/C=C1\CN2CCCC2(COC(C)(C)C)C1. The highest BCUT2D eigenvalue weighted by atomic mass is 16.5. The Hall–Kier alpha value is -0.340. The molecule has 2 aliphatic rings. The molecular weight excluding hydrogens is 198 g/mol. The highest BCUT2D eigenvalue weighted by Crippen LogP contribution is 2.41. The number of ether oxygens (including phenoxy) is 1. The maximum Gasteiger partial charge on any atom is 0.0660 e. The van der Waals surface area contributed by atoms with Gasteiger partial charge >= 0.3 is 0 Å². The first-order valence-corrected chi connectivity index (χ1v) is 6.48. The van der Waals surface area contributed by atoms with Crippen molar-refractivity contribution in [2.75, 3.05) is 19.7 Å². The average Bonchev–Trinajstić information content (AvgIpc) is 2.69. The van der Waals surface area contributed by atoms with Crippen LogP contribution in [0.4, 0.5) is 0 Å². The Morgan fingerprint density at radius 3 is 2.81 bits per heavy atom. The van der Waals surface area contributed by atoms with Gasteiger partial charge < -0.3 is 4.74 Å². The van der Waals surface area contributed by atoms with Crippen LogP contribution < -0.4 is 0 Å². The fraction of sp³-hybridized carbons (Fsp3) is 0.857. The number of fused-ring (bicyclic) bond motifs is 1. The highest BCUT2D eigenvalue weighted by Gasteiger charge is 2.46. The highest BCUT2D eigenvalue weighted by molar-refractivity contribution is 5.20. The summed E-state index contributed by atoms with van der Waals surface area (Å²) in [6.07, 6.45) is 6.15. The Balaban J connectivity index is 2.04. The molecule has 0 spiro atoms. The summed E-state index contributed by atoms with van der Waals surface area (Å²) in [5.74, 6) is 0. The monoisotopic (exact) mass is 223 g/mol. The van der Waals surface area contributed by atoms with E-state index in [0.29, 0.717) is 5.54 Å². The lowest BCUT2D eigenvalue weighted by Crippen LogP contribution is -2.44. The summed E-state index contributed by atoms with van der Waals surface area (Å²) in [5.41, 5.74) is 1.91. The van der Waals surface area contributed by atoms with Crippen LogP contribution in [0.15, 0.2) is 11.6 Å². The first-order valence-electron chi connectivity index (χ1n) is 6.48. The molecule has 2 aliphatic heterocycles. The van der Waals surface area contributed by atoms with Crippen LogP contribution in [0, 0.1) is 0 Å². The second-order valence-corrected chi connectivity index (χ2v) is 6.27. The van der Waals surface area contributed by atoms with E-state index in [1.165, 1.54) is 32.4 Å². The van der Waals surface area contributed by atoms with Crippen molar-refractivity contribution < 1.29 is 4.74 Å². The van der Waals surface area contributed by atoms with Gasteiger partial charge in [-0.2, -0.15) is 0 Å². The van der Waals surface area contributed by atoms with Crippen molar-refractivity contribution in [2.45, 2.75) is 58.1 Å².